The third kappa shape index (κ3) is 6.54. The van der Waals surface area contributed by atoms with Gasteiger partial charge in [-0.25, -0.2) is 9.97 Å². The third-order valence-corrected chi connectivity index (χ3v) is 7.35. The van der Waals surface area contributed by atoms with Gasteiger partial charge in [0.25, 0.3) is 5.91 Å². The van der Waals surface area contributed by atoms with Crippen molar-refractivity contribution in [3.63, 3.8) is 0 Å². The van der Waals surface area contributed by atoms with Crippen LogP contribution in [0.4, 0.5) is 24.7 Å². The standard InChI is InChI=1S/C27H28F3N5OS/c1-18-14-24(35-12-10-34(11-13-35)23-7-3-6-21(16-23)27(28,29)30)33-26(31-18)37-17-19-4-2-5-20(15-19)25(36)32-22-8-9-22/h2-7,14-16,22H,8-13,17H2,1H3,(H,32,36). The van der Waals surface area contributed by atoms with Gasteiger partial charge in [-0.15, -0.1) is 0 Å². The molecule has 0 radical (unpaired) electrons. The topological polar surface area (TPSA) is 61.4 Å². The van der Waals surface area contributed by atoms with Crippen molar-refractivity contribution < 1.29 is 18.0 Å². The molecule has 1 aliphatic heterocycles. The highest BCUT2D eigenvalue weighted by Crippen LogP contribution is 2.32. The highest BCUT2D eigenvalue weighted by Gasteiger charge is 2.31. The first-order valence-corrected chi connectivity index (χ1v) is 13.3. The predicted molar refractivity (Wildman–Crippen MR) is 139 cm³/mol. The second kappa shape index (κ2) is 10.6. The Labute approximate surface area is 218 Å². The molecule has 0 atom stereocenters. The van der Waals surface area contributed by atoms with Crippen LogP contribution in [-0.4, -0.2) is 48.1 Å². The monoisotopic (exact) mass is 527 g/mol. The van der Waals surface area contributed by atoms with E-state index in [0.717, 1.165) is 36.0 Å². The number of carbonyl (C=O) groups excluding carboxylic acids is 1. The molecule has 2 aromatic carbocycles. The van der Waals surface area contributed by atoms with Gasteiger partial charge >= 0.3 is 6.18 Å². The molecule has 1 amide bonds. The molecule has 1 N–H and O–H groups in total. The number of alkyl halides is 3. The van der Waals surface area contributed by atoms with Gasteiger partial charge in [-0.3, -0.25) is 4.79 Å². The zero-order valence-corrected chi connectivity index (χ0v) is 21.3. The summed E-state index contributed by atoms with van der Waals surface area (Å²) < 4.78 is 39.3. The molecule has 10 heteroatoms. The van der Waals surface area contributed by atoms with Crippen molar-refractivity contribution in [2.75, 3.05) is 36.0 Å². The first-order chi connectivity index (χ1) is 17.7. The zero-order valence-electron chi connectivity index (χ0n) is 20.5. The highest BCUT2D eigenvalue weighted by molar-refractivity contribution is 7.98. The fourth-order valence-electron chi connectivity index (χ4n) is 4.27. The maximum Gasteiger partial charge on any atom is 0.416 e. The van der Waals surface area contributed by atoms with E-state index in [4.69, 9.17) is 4.98 Å². The average molecular weight is 528 g/mol. The number of amides is 1. The summed E-state index contributed by atoms with van der Waals surface area (Å²) in [7, 11) is 0. The van der Waals surface area contributed by atoms with Gasteiger partial charge in [0, 0.05) is 61.0 Å². The SMILES string of the molecule is Cc1cc(N2CCN(c3cccc(C(F)(F)F)c3)CC2)nc(SCc2cccc(C(=O)NC3CC3)c2)n1. The number of rotatable bonds is 7. The molecule has 194 valence electrons. The smallest absolute Gasteiger partial charge is 0.368 e. The number of anilines is 2. The van der Waals surface area contributed by atoms with Crippen molar-refractivity contribution in [2.24, 2.45) is 0 Å². The quantitative estimate of drug-likeness (QED) is 0.332. The summed E-state index contributed by atoms with van der Waals surface area (Å²) in [6, 6.07) is 15.4. The number of carbonyl (C=O) groups is 1. The number of nitrogens with zero attached hydrogens (tertiary/aromatic N) is 4. The van der Waals surface area contributed by atoms with Crippen LogP contribution >= 0.6 is 11.8 Å². The fourth-order valence-corrected chi connectivity index (χ4v) is 5.11. The van der Waals surface area contributed by atoms with Crippen LogP contribution in [0.5, 0.6) is 0 Å². The molecule has 37 heavy (non-hydrogen) atoms. The minimum atomic E-state index is -4.35. The minimum Gasteiger partial charge on any atom is -0.368 e. The van der Waals surface area contributed by atoms with Crippen LogP contribution in [0.15, 0.2) is 59.8 Å². The molecule has 2 aliphatic rings. The summed E-state index contributed by atoms with van der Waals surface area (Å²) in [6.45, 7) is 4.42. The van der Waals surface area contributed by atoms with E-state index in [-0.39, 0.29) is 5.91 Å². The Morgan fingerprint density at radius 1 is 1.00 bits per heavy atom. The minimum absolute atomic E-state index is 0.0345. The van der Waals surface area contributed by atoms with Crippen molar-refractivity contribution in [3.05, 3.63) is 77.0 Å². The van der Waals surface area contributed by atoms with Crippen LogP contribution < -0.4 is 15.1 Å². The third-order valence-electron chi connectivity index (χ3n) is 6.43. The molecule has 1 aromatic heterocycles. The maximum absolute atomic E-state index is 13.1. The van der Waals surface area contributed by atoms with Gasteiger partial charge in [-0.2, -0.15) is 13.2 Å². The van der Waals surface area contributed by atoms with Gasteiger partial charge in [0.1, 0.15) is 5.82 Å². The van der Waals surface area contributed by atoms with Gasteiger partial charge in [-0.1, -0.05) is 30.0 Å². The Morgan fingerprint density at radius 3 is 2.46 bits per heavy atom. The number of thioether (sulfide) groups is 1. The number of benzene rings is 2. The number of nitrogens with one attached hydrogen (secondary N) is 1. The number of aromatic nitrogens is 2. The van der Waals surface area contributed by atoms with E-state index in [0.29, 0.717) is 54.4 Å². The summed E-state index contributed by atoms with van der Waals surface area (Å²) in [4.78, 5) is 25.8. The largest absolute Gasteiger partial charge is 0.416 e. The second-order valence-electron chi connectivity index (χ2n) is 9.41. The molecule has 1 aliphatic carbocycles. The molecule has 1 saturated carbocycles. The first kappa shape index (κ1) is 25.4. The number of halogens is 3. The molecule has 2 fully saturated rings. The van der Waals surface area contributed by atoms with E-state index in [1.165, 1.54) is 23.9 Å². The Kier molecular flexibility index (Phi) is 7.28. The number of hydrogen-bond acceptors (Lipinski definition) is 6. The second-order valence-corrected chi connectivity index (χ2v) is 10.4. The van der Waals surface area contributed by atoms with Crippen molar-refractivity contribution in [1.82, 2.24) is 15.3 Å². The Hall–Kier alpha value is -3.27. The lowest BCUT2D eigenvalue weighted by molar-refractivity contribution is -0.137. The van der Waals surface area contributed by atoms with Crippen LogP contribution in [0, 0.1) is 6.92 Å². The maximum atomic E-state index is 13.1. The normalized spacial score (nSPS) is 16.1. The molecular formula is C27H28F3N5OS. The molecular weight excluding hydrogens is 499 g/mol. The fraction of sp³-hybridized carbons (Fsp3) is 0.370. The van der Waals surface area contributed by atoms with Crippen LogP contribution in [0.25, 0.3) is 0 Å². The molecule has 2 heterocycles. The number of piperazine rings is 1. The number of hydrogen-bond donors (Lipinski definition) is 1. The van der Waals surface area contributed by atoms with Crippen LogP contribution in [0.1, 0.15) is 40.0 Å². The van der Waals surface area contributed by atoms with E-state index in [1.807, 2.05) is 42.2 Å². The molecule has 0 bridgehead atoms. The van der Waals surface area contributed by atoms with Gasteiger partial charge in [-0.05, 0) is 55.7 Å². The molecule has 0 spiro atoms. The van der Waals surface area contributed by atoms with Gasteiger partial charge < -0.3 is 15.1 Å². The summed E-state index contributed by atoms with van der Waals surface area (Å²) in [5, 5.41) is 3.67. The lowest BCUT2D eigenvalue weighted by Crippen LogP contribution is -2.47. The molecule has 0 unspecified atom stereocenters. The van der Waals surface area contributed by atoms with Crippen LogP contribution in [-0.2, 0) is 11.9 Å². The van der Waals surface area contributed by atoms with E-state index >= 15 is 0 Å². The summed E-state index contributed by atoms with van der Waals surface area (Å²) in [5.41, 5.74) is 2.49. The summed E-state index contributed by atoms with van der Waals surface area (Å²) >= 11 is 1.52. The van der Waals surface area contributed by atoms with Crippen molar-refractivity contribution in [2.45, 2.75) is 42.9 Å². The van der Waals surface area contributed by atoms with Gasteiger partial charge in [0.05, 0.1) is 5.56 Å². The van der Waals surface area contributed by atoms with E-state index in [2.05, 4.69) is 15.2 Å². The Balaban J connectivity index is 1.21. The lowest BCUT2D eigenvalue weighted by atomic mass is 10.1. The lowest BCUT2D eigenvalue weighted by Gasteiger charge is -2.37. The molecule has 6 nitrogen and oxygen atoms in total. The van der Waals surface area contributed by atoms with E-state index in [1.54, 1.807) is 6.07 Å². The zero-order chi connectivity index (χ0) is 26.0. The van der Waals surface area contributed by atoms with Crippen molar-refractivity contribution in [1.29, 1.82) is 0 Å². The molecule has 5 rings (SSSR count). The van der Waals surface area contributed by atoms with Gasteiger partial charge in [0.2, 0.25) is 0 Å². The van der Waals surface area contributed by atoms with Crippen LogP contribution in [0.3, 0.4) is 0 Å². The van der Waals surface area contributed by atoms with Crippen molar-refractivity contribution >= 4 is 29.2 Å². The predicted octanol–water partition coefficient (Wildman–Crippen LogP) is 5.31. The Morgan fingerprint density at radius 2 is 1.73 bits per heavy atom. The highest BCUT2D eigenvalue weighted by atomic mass is 32.2. The molecule has 1 saturated heterocycles. The summed E-state index contributed by atoms with van der Waals surface area (Å²) in [5.74, 6) is 1.42. The van der Waals surface area contributed by atoms with E-state index in [9.17, 15) is 18.0 Å². The number of aryl methyl sites for hydroxylation is 1. The van der Waals surface area contributed by atoms with Crippen molar-refractivity contribution in [3.8, 4) is 0 Å². The van der Waals surface area contributed by atoms with Crippen LogP contribution in [0.2, 0.25) is 0 Å². The first-order valence-electron chi connectivity index (χ1n) is 12.3. The van der Waals surface area contributed by atoms with Gasteiger partial charge in [0.15, 0.2) is 5.16 Å². The Bertz CT molecular complexity index is 1270. The average Bonchev–Trinajstić information content (AvgIpc) is 3.71. The molecule has 3 aromatic rings. The van der Waals surface area contributed by atoms with E-state index < -0.39 is 11.7 Å². The summed E-state index contributed by atoms with van der Waals surface area (Å²) in [6.07, 6.45) is -2.25.